The van der Waals surface area contributed by atoms with E-state index in [0.29, 0.717) is 4.47 Å². The summed E-state index contributed by atoms with van der Waals surface area (Å²) in [6.45, 7) is 0. The van der Waals surface area contributed by atoms with E-state index in [9.17, 15) is 4.39 Å². The van der Waals surface area contributed by atoms with Crippen LogP contribution in [0.25, 0.3) is 0 Å². The molecule has 2 N–H and O–H groups in total. The fourth-order valence-corrected chi connectivity index (χ4v) is 4.04. The first kappa shape index (κ1) is 13.6. The summed E-state index contributed by atoms with van der Waals surface area (Å²) in [6.07, 6.45) is 8.32. The van der Waals surface area contributed by atoms with Crippen molar-refractivity contribution in [2.45, 2.75) is 50.5 Å². The van der Waals surface area contributed by atoms with E-state index in [-0.39, 0.29) is 11.4 Å². The van der Waals surface area contributed by atoms with E-state index < -0.39 is 0 Å². The summed E-state index contributed by atoms with van der Waals surface area (Å²) in [6, 6.07) is 5.26. The first-order chi connectivity index (χ1) is 9.07. The second-order valence-electron chi connectivity index (χ2n) is 6.45. The van der Waals surface area contributed by atoms with E-state index in [4.69, 9.17) is 5.73 Å². The summed E-state index contributed by atoms with van der Waals surface area (Å²) in [5.74, 6) is 1.56. The fourth-order valence-electron chi connectivity index (χ4n) is 3.64. The molecule has 2 fully saturated rings. The summed E-state index contributed by atoms with van der Waals surface area (Å²) in [7, 11) is 0. The first-order valence-electron chi connectivity index (χ1n) is 7.29. The van der Waals surface area contributed by atoms with Crippen LogP contribution in [-0.2, 0) is 6.42 Å². The standard InChI is InChI=1S/C16H21BrFN/c17-15-13(3-1-5-14(15)18)10-16(19)8-2-4-12(9-16)11-6-7-11/h1,3,5,11-12H,2,4,6-10,19H2. The summed E-state index contributed by atoms with van der Waals surface area (Å²) in [5.41, 5.74) is 7.50. The van der Waals surface area contributed by atoms with Gasteiger partial charge in [0.1, 0.15) is 5.82 Å². The Labute approximate surface area is 122 Å². The Bertz CT molecular complexity index is 472. The molecular weight excluding hydrogens is 305 g/mol. The van der Waals surface area contributed by atoms with Gasteiger partial charge in [-0.05, 0) is 71.5 Å². The zero-order valence-electron chi connectivity index (χ0n) is 11.2. The number of halogens is 2. The maximum atomic E-state index is 13.6. The van der Waals surface area contributed by atoms with E-state index in [1.807, 2.05) is 6.07 Å². The highest BCUT2D eigenvalue weighted by atomic mass is 79.9. The molecule has 0 aliphatic heterocycles. The van der Waals surface area contributed by atoms with Crippen molar-refractivity contribution in [2.75, 3.05) is 0 Å². The Kier molecular flexibility index (Phi) is 3.69. The van der Waals surface area contributed by atoms with Crippen molar-refractivity contribution in [2.24, 2.45) is 17.6 Å². The quantitative estimate of drug-likeness (QED) is 0.874. The Morgan fingerprint density at radius 2 is 2.05 bits per heavy atom. The van der Waals surface area contributed by atoms with Crippen LogP contribution >= 0.6 is 15.9 Å². The lowest BCUT2D eigenvalue weighted by Crippen LogP contribution is -2.46. The predicted molar refractivity (Wildman–Crippen MR) is 79.4 cm³/mol. The summed E-state index contributed by atoms with van der Waals surface area (Å²) in [4.78, 5) is 0. The third-order valence-corrected chi connectivity index (χ3v) is 5.67. The van der Waals surface area contributed by atoms with E-state index in [2.05, 4.69) is 15.9 Å². The van der Waals surface area contributed by atoms with Gasteiger partial charge in [0, 0.05) is 5.54 Å². The highest BCUT2D eigenvalue weighted by Crippen LogP contribution is 2.46. The van der Waals surface area contributed by atoms with Crippen LogP contribution in [0.3, 0.4) is 0 Å². The Morgan fingerprint density at radius 3 is 2.79 bits per heavy atom. The molecule has 104 valence electrons. The lowest BCUT2D eigenvalue weighted by Gasteiger charge is -2.38. The molecule has 2 atom stereocenters. The largest absolute Gasteiger partial charge is 0.325 e. The van der Waals surface area contributed by atoms with Crippen molar-refractivity contribution in [3.05, 3.63) is 34.1 Å². The van der Waals surface area contributed by atoms with Gasteiger partial charge in [0.2, 0.25) is 0 Å². The Hall–Kier alpha value is -0.410. The molecule has 0 radical (unpaired) electrons. The monoisotopic (exact) mass is 325 g/mol. The molecule has 3 rings (SSSR count). The van der Waals surface area contributed by atoms with E-state index >= 15 is 0 Å². The summed E-state index contributed by atoms with van der Waals surface area (Å²) < 4.78 is 14.2. The van der Waals surface area contributed by atoms with Crippen LogP contribution in [0, 0.1) is 17.7 Å². The topological polar surface area (TPSA) is 26.0 Å². The van der Waals surface area contributed by atoms with Gasteiger partial charge in [-0.3, -0.25) is 0 Å². The summed E-state index contributed by atoms with van der Waals surface area (Å²) in [5, 5.41) is 0. The minimum atomic E-state index is -0.185. The first-order valence-corrected chi connectivity index (χ1v) is 8.08. The molecule has 0 bridgehead atoms. The van der Waals surface area contributed by atoms with Crippen LogP contribution in [0.1, 0.15) is 44.1 Å². The van der Waals surface area contributed by atoms with Gasteiger partial charge in [-0.25, -0.2) is 4.39 Å². The predicted octanol–water partition coefficient (Wildman–Crippen LogP) is 4.43. The van der Waals surface area contributed by atoms with Gasteiger partial charge in [0.25, 0.3) is 0 Å². The van der Waals surface area contributed by atoms with Crippen LogP contribution < -0.4 is 5.73 Å². The van der Waals surface area contributed by atoms with Gasteiger partial charge >= 0.3 is 0 Å². The smallest absolute Gasteiger partial charge is 0.137 e. The minimum absolute atomic E-state index is 0.137. The highest BCUT2D eigenvalue weighted by molar-refractivity contribution is 9.10. The number of benzene rings is 1. The fraction of sp³-hybridized carbons (Fsp3) is 0.625. The molecule has 0 amide bonds. The molecule has 0 aromatic heterocycles. The SMILES string of the molecule is NC1(Cc2cccc(F)c2Br)CCCC(C2CC2)C1. The molecule has 2 aliphatic carbocycles. The zero-order valence-corrected chi connectivity index (χ0v) is 12.8. The van der Waals surface area contributed by atoms with E-state index in [0.717, 1.165) is 36.7 Å². The van der Waals surface area contributed by atoms with Gasteiger partial charge in [-0.1, -0.05) is 25.0 Å². The zero-order chi connectivity index (χ0) is 13.5. The molecule has 2 unspecified atom stereocenters. The van der Waals surface area contributed by atoms with Crippen LogP contribution in [0.4, 0.5) is 4.39 Å². The molecule has 1 aromatic rings. The molecular formula is C16H21BrFN. The van der Waals surface area contributed by atoms with Gasteiger partial charge in [0.15, 0.2) is 0 Å². The van der Waals surface area contributed by atoms with Crippen LogP contribution in [0.2, 0.25) is 0 Å². The average Bonchev–Trinajstić information content (AvgIpc) is 3.19. The van der Waals surface area contributed by atoms with Gasteiger partial charge in [0.05, 0.1) is 4.47 Å². The molecule has 1 aromatic carbocycles. The molecule has 2 saturated carbocycles. The van der Waals surface area contributed by atoms with Crippen molar-refractivity contribution < 1.29 is 4.39 Å². The van der Waals surface area contributed by atoms with Crippen LogP contribution in [0.15, 0.2) is 22.7 Å². The third kappa shape index (κ3) is 3.03. The maximum absolute atomic E-state index is 13.6. The molecule has 0 heterocycles. The van der Waals surface area contributed by atoms with Crippen LogP contribution in [0.5, 0.6) is 0 Å². The summed E-state index contributed by atoms with van der Waals surface area (Å²) >= 11 is 3.36. The molecule has 3 heteroatoms. The second kappa shape index (κ2) is 5.17. The van der Waals surface area contributed by atoms with Gasteiger partial charge < -0.3 is 5.73 Å². The molecule has 0 saturated heterocycles. The van der Waals surface area contributed by atoms with Gasteiger partial charge in [-0.2, -0.15) is 0 Å². The molecule has 1 nitrogen and oxygen atoms in total. The van der Waals surface area contributed by atoms with Crippen molar-refractivity contribution in [1.29, 1.82) is 0 Å². The van der Waals surface area contributed by atoms with Crippen molar-refractivity contribution in [1.82, 2.24) is 0 Å². The number of hydrogen-bond donors (Lipinski definition) is 1. The minimum Gasteiger partial charge on any atom is -0.325 e. The normalized spacial score (nSPS) is 31.4. The second-order valence-corrected chi connectivity index (χ2v) is 7.24. The highest BCUT2D eigenvalue weighted by Gasteiger charge is 2.40. The lowest BCUT2D eigenvalue weighted by molar-refractivity contribution is 0.204. The average molecular weight is 326 g/mol. The lowest BCUT2D eigenvalue weighted by atomic mass is 9.72. The number of nitrogens with two attached hydrogens (primary N) is 1. The number of hydrogen-bond acceptors (Lipinski definition) is 1. The maximum Gasteiger partial charge on any atom is 0.137 e. The third-order valence-electron chi connectivity index (χ3n) is 4.78. The molecule has 19 heavy (non-hydrogen) atoms. The van der Waals surface area contributed by atoms with Crippen molar-refractivity contribution in [3.8, 4) is 0 Å². The van der Waals surface area contributed by atoms with Crippen molar-refractivity contribution >= 4 is 15.9 Å². The van der Waals surface area contributed by atoms with E-state index in [1.54, 1.807) is 6.07 Å². The molecule has 0 spiro atoms. The van der Waals surface area contributed by atoms with Crippen molar-refractivity contribution in [3.63, 3.8) is 0 Å². The number of rotatable bonds is 3. The molecule has 2 aliphatic rings. The Balaban J connectivity index is 1.75. The van der Waals surface area contributed by atoms with Gasteiger partial charge in [-0.15, -0.1) is 0 Å². The van der Waals surface area contributed by atoms with Crippen LogP contribution in [-0.4, -0.2) is 5.54 Å². The Morgan fingerprint density at radius 1 is 1.26 bits per heavy atom. The van der Waals surface area contributed by atoms with E-state index in [1.165, 1.54) is 31.7 Å².